The quantitative estimate of drug-likeness (QED) is 0.822. The van der Waals surface area contributed by atoms with E-state index in [1.165, 1.54) is 5.56 Å². The van der Waals surface area contributed by atoms with Crippen LogP contribution in [0.1, 0.15) is 24.5 Å². The third kappa shape index (κ3) is 5.21. The molecule has 0 fully saturated rings. The highest BCUT2D eigenvalue weighted by molar-refractivity contribution is 5.28. The molecule has 0 unspecified atom stereocenters. The normalized spacial score (nSPS) is 13.7. The second kappa shape index (κ2) is 7.25. The summed E-state index contributed by atoms with van der Waals surface area (Å²) in [5.74, 6) is 0.861. The van der Waals surface area contributed by atoms with E-state index in [0.717, 1.165) is 24.2 Å². The van der Waals surface area contributed by atoms with E-state index in [1.807, 2.05) is 61.5 Å². The van der Waals surface area contributed by atoms with Crippen LogP contribution in [0.4, 0.5) is 0 Å². The van der Waals surface area contributed by atoms with E-state index in [-0.39, 0.29) is 6.61 Å². The zero-order valence-corrected chi connectivity index (χ0v) is 12.5. The Balaban J connectivity index is 1.84. The first-order valence-corrected chi connectivity index (χ1v) is 7.24. The van der Waals surface area contributed by atoms with Crippen molar-refractivity contribution >= 4 is 0 Å². The highest BCUT2D eigenvalue weighted by atomic mass is 16.5. The molecule has 0 aliphatic carbocycles. The summed E-state index contributed by atoms with van der Waals surface area (Å²) in [6, 6.07) is 18.2. The molecule has 2 aromatic rings. The average Bonchev–Trinajstić information content (AvgIpc) is 2.53. The Kier molecular flexibility index (Phi) is 5.37. The highest BCUT2D eigenvalue weighted by Gasteiger charge is 2.16. The van der Waals surface area contributed by atoms with Crippen LogP contribution in [-0.4, -0.2) is 17.3 Å². The molecule has 0 aliphatic rings. The van der Waals surface area contributed by atoms with Crippen molar-refractivity contribution in [3.05, 3.63) is 65.7 Å². The van der Waals surface area contributed by atoms with Crippen LogP contribution >= 0.6 is 0 Å². The largest absolute Gasteiger partial charge is 0.489 e. The predicted molar refractivity (Wildman–Crippen MR) is 85.2 cm³/mol. The minimum absolute atomic E-state index is 0.00523. The van der Waals surface area contributed by atoms with Gasteiger partial charge in [0.25, 0.3) is 0 Å². The van der Waals surface area contributed by atoms with Crippen LogP contribution in [-0.2, 0) is 13.0 Å². The lowest BCUT2D eigenvalue weighted by Crippen LogP contribution is -2.40. The Hall–Kier alpha value is -1.84. The fourth-order valence-electron chi connectivity index (χ4n) is 2.00. The van der Waals surface area contributed by atoms with Crippen LogP contribution in [0.25, 0.3) is 0 Å². The molecule has 1 atom stereocenters. The standard InChI is InChI=1S/C18H23NO2/c1-18(19,14-20)12-11-15-7-9-17(10-8-15)21-13-16-5-3-2-4-6-16/h2-10,20H,11-14,19H2,1H3/t18-/m1/s1. The Labute approximate surface area is 126 Å². The smallest absolute Gasteiger partial charge is 0.119 e. The first-order valence-electron chi connectivity index (χ1n) is 7.24. The van der Waals surface area contributed by atoms with Gasteiger partial charge in [-0.1, -0.05) is 42.5 Å². The number of benzene rings is 2. The number of rotatable bonds is 7. The van der Waals surface area contributed by atoms with Crippen molar-refractivity contribution in [3.63, 3.8) is 0 Å². The molecule has 0 aromatic heterocycles. The summed E-state index contributed by atoms with van der Waals surface area (Å²) < 4.78 is 5.75. The van der Waals surface area contributed by atoms with E-state index in [0.29, 0.717) is 6.61 Å². The van der Waals surface area contributed by atoms with E-state index < -0.39 is 5.54 Å². The monoisotopic (exact) mass is 285 g/mol. The minimum atomic E-state index is -0.511. The molecular formula is C18H23NO2. The van der Waals surface area contributed by atoms with Gasteiger partial charge in [0, 0.05) is 5.54 Å². The summed E-state index contributed by atoms with van der Waals surface area (Å²) in [7, 11) is 0. The van der Waals surface area contributed by atoms with E-state index in [9.17, 15) is 0 Å². The second-order valence-corrected chi connectivity index (χ2v) is 5.73. The van der Waals surface area contributed by atoms with Gasteiger partial charge in [0.1, 0.15) is 12.4 Å². The number of aliphatic hydroxyl groups is 1. The molecule has 0 aliphatic heterocycles. The molecule has 0 amide bonds. The summed E-state index contributed by atoms with van der Waals surface area (Å²) in [5.41, 5.74) is 7.78. The molecule has 3 N–H and O–H groups in total. The molecule has 0 spiro atoms. The lowest BCUT2D eigenvalue weighted by atomic mass is 9.95. The Morgan fingerprint density at radius 2 is 1.67 bits per heavy atom. The molecule has 0 saturated carbocycles. The Morgan fingerprint density at radius 3 is 2.29 bits per heavy atom. The third-order valence-electron chi connectivity index (χ3n) is 3.52. The number of aliphatic hydroxyl groups excluding tert-OH is 1. The molecular weight excluding hydrogens is 262 g/mol. The van der Waals surface area contributed by atoms with Crippen molar-refractivity contribution in [2.45, 2.75) is 31.9 Å². The zero-order chi connectivity index (χ0) is 15.1. The third-order valence-corrected chi connectivity index (χ3v) is 3.52. The highest BCUT2D eigenvalue weighted by Crippen LogP contribution is 2.17. The Morgan fingerprint density at radius 1 is 1.00 bits per heavy atom. The summed E-state index contributed by atoms with van der Waals surface area (Å²) in [4.78, 5) is 0. The fraction of sp³-hybridized carbons (Fsp3) is 0.333. The predicted octanol–water partition coefficient (Wildman–Crippen LogP) is 2.91. The lowest BCUT2D eigenvalue weighted by molar-refractivity contribution is 0.200. The van der Waals surface area contributed by atoms with E-state index in [1.54, 1.807) is 0 Å². The maximum atomic E-state index is 9.15. The van der Waals surface area contributed by atoms with Gasteiger partial charge in [-0.3, -0.25) is 0 Å². The number of hydrogen-bond donors (Lipinski definition) is 2. The van der Waals surface area contributed by atoms with Crippen molar-refractivity contribution in [3.8, 4) is 5.75 Å². The number of nitrogens with two attached hydrogens (primary N) is 1. The van der Waals surface area contributed by atoms with Crippen molar-refractivity contribution in [1.29, 1.82) is 0 Å². The Bertz CT molecular complexity index is 535. The molecule has 112 valence electrons. The molecule has 3 nitrogen and oxygen atoms in total. The number of aryl methyl sites for hydroxylation is 1. The molecule has 0 radical (unpaired) electrons. The molecule has 2 rings (SSSR count). The average molecular weight is 285 g/mol. The van der Waals surface area contributed by atoms with Gasteiger partial charge in [-0.05, 0) is 43.0 Å². The van der Waals surface area contributed by atoms with Gasteiger partial charge in [0.05, 0.1) is 6.61 Å². The van der Waals surface area contributed by atoms with E-state index in [2.05, 4.69) is 0 Å². The van der Waals surface area contributed by atoms with Gasteiger partial charge in [0.15, 0.2) is 0 Å². The zero-order valence-electron chi connectivity index (χ0n) is 12.5. The van der Waals surface area contributed by atoms with Gasteiger partial charge in [-0.15, -0.1) is 0 Å². The van der Waals surface area contributed by atoms with Crippen molar-refractivity contribution < 1.29 is 9.84 Å². The van der Waals surface area contributed by atoms with Gasteiger partial charge in [-0.25, -0.2) is 0 Å². The number of hydrogen-bond acceptors (Lipinski definition) is 3. The molecule has 0 saturated heterocycles. The van der Waals surface area contributed by atoms with Crippen LogP contribution in [0.5, 0.6) is 5.75 Å². The topological polar surface area (TPSA) is 55.5 Å². The maximum Gasteiger partial charge on any atom is 0.119 e. The molecule has 3 heteroatoms. The van der Waals surface area contributed by atoms with Crippen LogP contribution in [0.3, 0.4) is 0 Å². The summed E-state index contributed by atoms with van der Waals surface area (Å²) in [6.07, 6.45) is 1.61. The van der Waals surface area contributed by atoms with Crippen LogP contribution in [0.15, 0.2) is 54.6 Å². The van der Waals surface area contributed by atoms with Crippen molar-refractivity contribution in [2.75, 3.05) is 6.61 Å². The van der Waals surface area contributed by atoms with Gasteiger partial charge in [-0.2, -0.15) is 0 Å². The molecule has 0 bridgehead atoms. The first kappa shape index (κ1) is 15.5. The summed E-state index contributed by atoms with van der Waals surface area (Å²) in [6.45, 7) is 2.45. The molecule has 2 aromatic carbocycles. The second-order valence-electron chi connectivity index (χ2n) is 5.73. The molecule has 21 heavy (non-hydrogen) atoms. The van der Waals surface area contributed by atoms with Crippen LogP contribution < -0.4 is 10.5 Å². The van der Waals surface area contributed by atoms with Gasteiger partial charge >= 0.3 is 0 Å². The maximum absolute atomic E-state index is 9.15. The van der Waals surface area contributed by atoms with Crippen molar-refractivity contribution in [1.82, 2.24) is 0 Å². The van der Waals surface area contributed by atoms with Crippen molar-refractivity contribution in [2.24, 2.45) is 5.73 Å². The van der Waals surface area contributed by atoms with Gasteiger partial charge in [0.2, 0.25) is 0 Å². The molecule has 0 heterocycles. The SMILES string of the molecule is C[C@](N)(CO)CCc1ccc(OCc2ccccc2)cc1. The minimum Gasteiger partial charge on any atom is -0.489 e. The van der Waals surface area contributed by atoms with E-state index >= 15 is 0 Å². The summed E-state index contributed by atoms with van der Waals surface area (Å²) >= 11 is 0. The van der Waals surface area contributed by atoms with E-state index in [4.69, 9.17) is 15.6 Å². The summed E-state index contributed by atoms with van der Waals surface area (Å²) in [5, 5.41) is 9.15. The van der Waals surface area contributed by atoms with Crippen LogP contribution in [0, 0.1) is 0 Å². The lowest BCUT2D eigenvalue weighted by Gasteiger charge is -2.21. The van der Waals surface area contributed by atoms with Crippen LogP contribution in [0.2, 0.25) is 0 Å². The fourth-order valence-corrected chi connectivity index (χ4v) is 2.00. The van der Waals surface area contributed by atoms with Gasteiger partial charge < -0.3 is 15.6 Å². The number of ether oxygens (including phenoxy) is 1. The first-order chi connectivity index (χ1) is 10.1.